The van der Waals surface area contributed by atoms with Gasteiger partial charge in [-0.05, 0) is 51.0 Å². The molecule has 32 heavy (non-hydrogen) atoms. The number of nitrogens with one attached hydrogen (secondary N) is 1. The Bertz CT molecular complexity index is 1080. The minimum absolute atomic E-state index is 0.0619. The van der Waals surface area contributed by atoms with Crippen molar-refractivity contribution in [2.45, 2.75) is 64.0 Å². The van der Waals surface area contributed by atoms with E-state index in [0.29, 0.717) is 43.1 Å². The Kier molecular flexibility index (Phi) is 5.57. The van der Waals surface area contributed by atoms with Crippen LogP contribution in [0, 0.1) is 5.92 Å². The fraction of sp³-hybridized carbons (Fsp3) is 0.520. The highest BCUT2D eigenvalue weighted by Gasteiger charge is 2.37. The molecule has 3 aliphatic rings. The maximum absolute atomic E-state index is 13.4. The number of fused-ring (bicyclic) bond motifs is 1. The molecule has 7 heteroatoms. The zero-order chi connectivity index (χ0) is 22.2. The van der Waals surface area contributed by atoms with E-state index in [1.54, 1.807) is 0 Å². The Balaban J connectivity index is 1.42. The molecule has 2 aromatic rings. The molecule has 1 aliphatic carbocycles. The van der Waals surface area contributed by atoms with Gasteiger partial charge in [-0.25, -0.2) is 4.98 Å². The number of aromatic amines is 1. The van der Waals surface area contributed by atoms with Crippen molar-refractivity contribution in [3.8, 4) is 0 Å². The molecular weight excluding hydrogens is 404 g/mol. The smallest absolute Gasteiger partial charge is 0.254 e. The second-order valence-corrected chi connectivity index (χ2v) is 9.34. The summed E-state index contributed by atoms with van der Waals surface area (Å²) in [5, 5.41) is 0. The molecule has 0 bridgehead atoms. The summed E-state index contributed by atoms with van der Waals surface area (Å²) in [4.78, 5) is 50.4. The molecule has 0 spiro atoms. The van der Waals surface area contributed by atoms with Crippen LogP contribution in [0.4, 0.5) is 0 Å². The van der Waals surface area contributed by atoms with Crippen molar-refractivity contribution in [3.63, 3.8) is 0 Å². The molecule has 1 aromatic carbocycles. The predicted octanol–water partition coefficient (Wildman–Crippen LogP) is 2.92. The second-order valence-electron chi connectivity index (χ2n) is 9.34. The van der Waals surface area contributed by atoms with Gasteiger partial charge in [0.05, 0.1) is 24.2 Å². The van der Waals surface area contributed by atoms with Crippen molar-refractivity contribution in [1.82, 2.24) is 19.8 Å². The Morgan fingerprint density at radius 3 is 2.62 bits per heavy atom. The number of carbonyl (C=O) groups is 2. The summed E-state index contributed by atoms with van der Waals surface area (Å²) >= 11 is 0. The zero-order valence-electron chi connectivity index (χ0n) is 18.5. The fourth-order valence-electron chi connectivity index (χ4n) is 5.01. The van der Waals surface area contributed by atoms with Gasteiger partial charge in [0.2, 0.25) is 11.8 Å². The average Bonchev–Trinajstić information content (AvgIpc) is 3.68. The topological polar surface area (TPSA) is 86.4 Å². The van der Waals surface area contributed by atoms with Gasteiger partial charge in [0.15, 0.2) is 0 Å². The molecular formula is C25H30N4O3. The molecule has 3 heterocycles. The van der Waals surface area contributed by atoms with Crippen LogP contribution in [0.25, 0.3) is 0 Å². The molecule has 0 radical (unpaired) electrons. The first kappa shape index (κ1) is 20.9. The number of H-pyrrole nitrogens is 1. The van der Waals surface area contributed by atoms with Crippen LogP contribution >= 0.6 is 0 Å². The Hall–Kier alpha value is -2.96. The number of carbonyl (C=O) groups excluding carboxylic acids is 2. The predicted molar refractivity (Wildman–Crippen MR) is 120 cm³/mol. The third-order valence-electron chi connectivity index (χ3n) is 7.10. The molecule has 2 aliphatic heterocycles. The first-order chi connectivity index (χ1) is 15.5. The van der Waals surface area contributed by atoms with Gasteiger partial charge >= 0.3 is 0 Å². The van der Waals surface area contributed by atoms with Gasteiger partial charge in [0.1, 0.15) is 5.82 Å². The highest BCUT2D eigenvalue weighted by molar-refractivity contribution is 5.84. The number of piperidine rings is 1. The van der Waals surface area contributed by atoms with Crippen LogP contribution in [0.5, 0.6) is 0 Å². The Labute approximate surface area is 187 Å². The van der Waals surface area contributed by atoms with Crippen molar-refractivity contribution >= 4 is 11.8 Å². The van der Waals surface area contributed by atoms with E-state index in [1.165, 1.54) is 0 Å². The van der Waals surface area contributed by atoms with E-state index in [4.69, 9.17) is 4.98 Å². The van der Waals surface area contributed by atoms with Gasteiger partial charge in [0.25, 0.3) is 5.56 Å². The normalized spacial score (nSPS) is 21.7. The van der Waals surface area contributed by atoms with Crippen molar-refractivity contribution in [1.29, 1.82) is 0 Å². The van der Waals surface area contributed by atoms with Crippen LogP contribution in [0.15, 0.2) is 35.1 Å². The lowest BCUT2D eigenvalue weighted by Crippen LogP contribution is -2.43. The summed E-state index contributed by atoms with van der Waals surface area (Å²) in [6, 6.07) is 9.56. The monoisotopic (exact) mass is 434 g/mol. The second kappa shape index (κ2) is 8.52. The van der Waals surface area contributed by atoms with Crippen molar-refractivity contribution in [3.05, 3.63) is 63.3 Å². The standard InChI is InChI=1S/C25H30N4O3/c1-16(17-7-3-2-4-8-17)24(31)29-13-6-5-9-21(29)22-26-20-15-28(25(32)18-10-11-18)14-12-19(20)23(30)27-22/h2-4,7-8,16,18,21H,5-6,9-15H2,1H3,(H,26,27,30). The first-order valence-electron chi connectivity index (χ1n) is 11.8. The molecule has 1 N–H and O–H groups in total. The first-order valence-corrected chi connectivity index (χ1v) is 11.8. The number of likely N-dealkylation sites (tertiary alicyclic amines) is 1. The number of hydrogen-bond acceptors (Lipinski definition) is 4. The number of aromatic nitrogens is 2. The van der Waals surface area contributed by atoms with Gasteiger partial charge in [-0.3, -0.25) is 14.4 Å². The molecule has 1 saturated heterocycles. The lowest BCUT2D eigenvalue weighted by atomic mass is 9.95. The number of rotatable bonds is 4. The van der Waals surface area contributed by atoms with Crippen LogP contribution in [0.3, 0.4) is 0 Å². The van der Waals surface area contributed by atoms with Crippen LogP contribution in [-0.4, -0.2) is 44.7 Å². The van der Waals surface area contributed by atoms with E-state index >= 15 is 0 Å². The molecule has 168 valence electrons. The highest BCUT2D eigenvalue weighted by Crippen LogP contribution is 2.34. The molecule has 2 unspecified atom stereocenters. The van der Waals surface area contributed by atoms with E-state index in [1.807, 2.05) is 47.1 Å². The van der Waals surface area contributed by atoms with E-state index in [-0.39, 0.29) is 35.3 Å². The molecule has 2 fully saturated rings. The molecule has 1 aromatic heterocycles. The lowest BCUT2D eigenvalue weighted by molar-refractivity contribution is -0.136. The largest absolute Gasteiger partial charge is 0.336 e. The van der Waals surface area contributed by atoms with E-state index in [0.717, 1.165) is 37.7 Å². The molecule has 5 rings (SSSR count). The quantitative estimate of drug-likeness (QED) is 0.802. The molecule has 2 atom stereocenters. The fourth-order valence-corrected chi connectivity index (χ4v) is 5.01. The van der Waals surface area contributed by atoms with Gasteiger partial charge in [-0.15, -0.1) is 0 Å². The van der Waals surface area contributed by atoms with E-state index in [2.05, 4.69) is 4.98 Å². The number of amides is 2. The third kappa shape index (κ3) is 3.96. The van der Waals surface area contributed by atoms with Gasteiger partial charge in [-0.2, -0.15) is 0 Å². The van der Waals surface area contributed by atoms with Crippen molar-refractivity contribution in [2.24, 2.45) is 5.92 Å². The van der Waals surface area contributed by atoms with Gasteiger partial charge in [-0.1, -0.05) is 30.3 Å². The summed E-state index contributed by atoms with van der Waals surface area (Å²) in [6.45, 7) is 3.57. The van der Waals surface area contributed by atoms with E-state index < -0.39 is 0 Å². The maximum Gasteiger partial charge on any atom is 0.254 e. The summed E-state index contributed by atoms with van der Waals surface area (Å²) in [6.07, 6.45) is 5.18. The third-order valence-corrected chi connectivity index (χ3v) is 7.10. The van der Waals surface area contributed by atoms with Crippen molar-refractivity contribution in [2.75, 3.05) is 13.1 Å². The zero-order valence-corrected chi connectivity index (χ0v) is 18.5. The Morgan fingerprint density at radius 2 is 1.88 bits per heavy atom. The molecule has 2 amide bonds. The minimum Gasteiger partial charge on any atom is -0.336 e. The SMILES string of the molecule is CC(C(=O)N1CCCCC1c1nc2c(c(=O)[nH]1)CCN(C(=O)C1CC1)C2)c1ccccc1. The summed E-state index contributed by atoms with van der Waals surface area (Å²) in [5.41, 5.74) is 2.23. The summed E-state index contributed by atoms with van der Waals surface area (Å²) in [7, 11) is 0. The minimum atomic E-state index is -0.257. The van der Waals surface area contributed by atoms with Gasteiger partial charge < -0.3 is 14.8 Å². The number of nitrogens with zero attached hydrogens (tertiary/aromatic N) is 3. The highest BCUT2D eigenvalue weighted by atomic mass is 16.2. The van der Waals surface area contributed by atoms with Crippen LogP contribution in [0.2, 0.25) is 0 Å². The lowest BCUT2D eigenvalue weighted by Gasteiger charge is -2.37. The van der Waals surface area contributed by atoms with E-state index in [9.17, 15) is 14.4 Å². The van der Waals surface area contributed by atoms with Gasteiger partial charge in [0, 0.05) is 24.6 Å². The summed E-state index contributed by atoms with van der Waals surface area (Å²) in [5.74, 6) is 0.705. The molecule has 7 nitrogen and oxygen atoms in total. The van der Waals surface area contributed by atoms with Crippen molar-refractivity contribution < 1.29 is 9.59 Å². The molecule has 1 saturated carbocycles. The Morgan fingerprint density at radius 1 is 1.09 bits per heavy atom. The van der Waals surface area contributed by atoms with Crippen LogP contribution < -0.4 is 5.56 Å². The summed E-state index contributed by atoms with van der Waals surface area (Å²) < 4.78 is 0. The van der Waals surface area contributed by atoms with Crippen LogP contribution in [0.1, 0.15) is 73.6 Å². The number of hydrogen-bond donors (Lipinski definition) is 1. The average molecular weight is 435 g/mol. The van der Waals surface area contributed by atoms with Crippen LogP contribution in [-0.2, 0) is 22.6 Å². The number of benzene rings is 1. The maximum atomic E-state index is 13.4.